The number of nitrogens with two attached hydrogens (primary N) is 1. The van der Waals surface area contributed by atoms with Crippen LogP contribution >= 0.6 is 0 Å². The van der Waals surface area contributed by atoms with Gasteiger partial charge in [-0.25, -0.2) is 18.4 Å². The van der Waals surface area contributed by atoms with Crippen LogP contribution in [0.4, 0.5) is 4.79 Å². The number of carbonyl (C=O) groups excluding carboxylic acids is 1. The highest BCUT2D eigenvalue weighted by Crippen LogP contribution is 2.32. The summed E-state index contributed by atoms with van der Waals surface area (Å²) >= 11 is 0. The fourth-order valence-corrected chi connectivity index (χ4v) is 4.26. The molecule has 2 amide bonds. The van der Waals surface area contributed by atoms with Gasteiger partial charge < -0.3 is 10.6 Å². The van der Waals surface area contributed by atoms with Crippen LogP contribution < -0.4 is 15.8 Å². The number of carbonyl (C=O) groups is 1. The van der Waals surface area contributed by atoms with Gasteiger partial charge in [-0.3, -0.25) is 0 Å². The minimum Gasteiger partial charge on any atom is -0.338 e. The van der Waals surface area contributed by atoms with Gasteiger partial charge in [-0.15, -0.1) is 0 Å². The number of primary sulfonamides is 1. The molecule has 2 rings (SSSR count). The number of sulfonamides is 1. The third-order valence-corrected chi connectivity index (χ3v) is 5.71. The molecule has 7 heteroatoms. The summed E-state index contributed by atoms with van der Waals surface area (Å²) in [5.41, 5.74) is 0.947. The quantitative estimate of drug-likeness (QED) is 0.719. The minimum atomic E-state index is -3.66. The molecular formula is C18H29N3O3S. The first-order valence-corrected chi connectivity index (χ1v) is 10.4. The van der Waals surface area contributed by atoms with E-state index in [0.717, 1.165) is 23.9 Å². The smallest absolute Gasteiger partial charge is 0.314 e. The highest BCUT2D eigenvalue weighted by Gasteiger charge is 2.23. The molecule has 6 nitrogen and oxygen atoms in total. The molecule has 4 N–H and O–H groups in total. The van der Waals surface area contributed by atoms with E-state index in [2.05, 4.69) is 24.5 Å². The highest BCUT2D eigenvalue weighted by atomic mass is 32.2. The Hall–Kier alpha value is -1.60. The Morgan fingerprint density at radius 3 is 2.24 bits per heavy atom. The lowest BCUT2D eigenvalue weighted by molar-refractivity contribution is 0.207. The number of hydrogen-bond acceptors (Lipinski definition) is 3. The first-order valence-electron chi connectivity index (χ1n) is 8.87. The van der Waals surface area contributed by atoms with E-state index in [1.54, 1.807) is 12.1 Å². The fourth-order valence-electron chi connectivity index (χ4n) is 3.75. The van der Waals surface area contributed by atoms with Gasteiger partial charge in [0.15, 0.2) is 0 Å². The standard InChI is InChI=1S/C18H29N3O3S/c1-13-9-14(2)11-16(10-13)12-21-18(22)20-8-7-15-3-5-17(6-4-15)25(19,23)24/h3-6,13-14,16H,7-12H2,1-2H3,(H2,19,23,24)(H2,20,21,22). The summed E-state index contributed by atoms with van der Waals surface area (Å²) in [4.78, 5) is 12.0. The zero-order valence-electron chi connectivity index (χ0n) is 15.0. The summed E-state index contributed by atoms with van der Waals surface area (Å²) in [5, 5.41) is 10.9. The van der Waals surface area contributed by atoms with Crippen molar-refractivity contribution in [1.29, 1.82) is 0 Å². The summed E-state index contributed by atoms with van der Waals surface area (Å²) in [5.74, 6) is 2.04. The van der Waals surface area contributed by atoms with Gasteiger partial charge in [-0.05, 0) is 61.1 Å². The Morgan fingerprint density at radius 2 is 1.68 bits per heavy atom. The Labute approximate surface area is 150 Å². The van der Waals surface area contributed by atoms with Crippen molar-refractivity contribution in [3.8, 4) is 0 Å². The highest BCUT2D eigenvalue weighted by molar-refractivity contribution is 7.89. The first-order chi connectivity index (χ1) is 11.7. The van der Waals surface area contributed by atoms with Crippen LogP contribution in [0, 0.1) is 17.8 Å². The van der Waals surface area contributed by atoms with E-state index >= 15 is 0 Å². The maximum atomic E-state index is 11.9. The molecule has 2 atom stereocenters. The van der Waals surface area contributed by atoms with Gasteiger partial charge in [-0.1, -0.05) is 26.0 Å². The molecule has 1 saturated carbocycles. The molecule has 1 aliphatic carbocycles. The summed E-state index contributed by atoms with van der Waals surface area (Å²) in [6, 6.07) is 6.24. The predicted octanol–water partition coefficient (Wildman–Crippen LogP) is 2.25. The molecule has 0 radical (unpaired) electrons. The molecule has 2 unspecified atom stereocenters. The molecule has 1 aromatic carbocycles. The molecule has 0 aliphatic heterocycles. The molecule has 1 aromatic rings. The first kappa shape index (κ1) is 19.7. The Kier molecular flexibility index (Phi) is 6.84. The molecule has 1 fully saturated rings. The van der Waals surface area contributed by atoms with Crippen molar-refractivity contribution in [2.45, 2.75) is 44.4 Å². The van der Waals surface area contributed by atoms with Crippen molar-refractivity contribution < 1.29 is 13.2 Å². The molecule has 0 heterocycles. The second-order valence-corrected chi connectivity index (χ2v) is 8.92. The van der Waals surface area contributed by atoms with Gasteiger partial charge in [0, 0.05) is 13.1 Å². The van der Waals surface area contributed by atoms with Crippen LogP contribution in [0.1, 0.15) is 38.7 Å². The van der Waals surface area contributed by atoms with Crippen molar-refractivity contribution in [2.24, 2.45) is 22.9 Å². The van der Waals surface area contributed by atoms with Crippen LogP contribution in [0.5, 0.6) is 0 Å². The van der Waals surface area contributed by atoms with Crippen LogP contribution in [0.15, 0.2) is 29.2 Å². The predicted molar refractivity (Wildman–Crippen MR) is 98.6 cm³/mol. The van der Waals surface area contributed by atoms with Crippen molar-refractivity contribution >= 4 is 16.1 Å². The number of amides is 2. The lowest BCUT2D eigenvalue weighted by Gasteiger charge is -2.31. The van der Waals surface area contributed by atoms with Crippen molar-refractivity contribution in [3.63, 3.8) is 0 Å². The zero-order valence-corrected chi connectivity index (χ0v) is 15.8. The summed E-state index contributed by atoms with van der Waals surface area (Å²) in [6.45, 7) is 5.79. The molecular weight excluding hydrogens is 338 g/mol. The van der Waals surface area contributed by atoms with Crippen LogP contribution in [-0.4, -0.2) is 27.5 Å². The maximum Gasteiger partial charge on any atom is 0.314 e. The van der Waals surface area contributed by atoms with Gasteiger partial charge in [-0.2, -0.15) is 0 Å². The molecule has 0 aromatic heterocycles. The van der Waals surface area contributed by atoms with Crippen LogP contribution in [0.2, 0.25) is 0 Å². The SMILES string of the molecule is CC1CC(C)CC(CNC(=O)NCCc2ccc(S(N)(=O)=O)cc2)C1. The average molecular weight is 368 g/mol. The second kappa shape index (κ2) is 8.67. The summed E-state index contributed by atoms with van der Waals surface area (Å²) < 4.78 is 22.4. The summed E-state index contributed by atoms with van der Waals surface area (Å²) in [7, 11) is -3.66. The number of urea groups is 1. The van der Waals surface area contributed by atoms with E-state index in [1.807, 2.05) is 0 Å². The fraction of sp³-hybridized carbons (Fsp3) is 0.611. The van der Waals surface area contributed by atoms with Crippen molar-refractivity contribution in [2.75, 3.05) is 13.1 Å². The van der Waals surface area contributed by atoms with Crippen LogP contribution in [0.3, 0.4) is 0 Å². The zero-order chi connectivity index (χ0) is 18.4. The Morgan fingerprint density at radius 1 is 1.08 bits per heavy atom. The number of benzene rings is 1. The molecule has 25 heavy (non-hydrogen) atoms. The average Bonchev–Trinajstić information content (AvgIpc) is 2.52. The topological polar surface area (TPSA) is 101 Å². The van der Waals surface area contributed by atoms with Gasteiger partial charge in [0.2, 0.25) is 10.0 Å². The van der Waals surface area contributed by atoms with E-state index in [9.17, 15) is 13.2 Å². The van der Waals surface area contributed by atoms with E-state index in [4.69, 9.17) is 5.14 Å². The van der Waals surface area contributed by atoms with E-state index < -0.39 is 10.0 Å². The van der Waals surface area contributed by atoms with Crippen molar-refractivity contribution in [3.05, 3.63) is 29.8 Å². The van der Waals surface area contributed by atoms with Crippen LogP contribution in [0.25, 0.3) is 0 Å². The van der Waals surface area contributed by atoms with E-state index in [-0.39, 0.29) is 10.9 Å². The molecule has 0 spiro atoms. The van der Waals surface area contributed by atoms with Gasteiger partial charge >= 0.3 is 6.03 Å². The van der Waals surface area contributed by atoms with E-state index in [0.29, 0.717) is 18.9 Å². The number of hydrogen-bond donors (Lipinski definition) is 3. The van der Waals surface area contributed by atoms with Gasteiger partial charge in [0.1, 0.15) is 0 Å². The maximum absolute atomic E-state index is 11.9. The van der Waals surface area contributed by atoms with E-state index in [1.165, 1.54) is 31.4 Å². The third-order valence-electron chi connectivity index (χ3n) is 4.78. The number of nitrogens with one attached hydrogen (secondary N) is 2. The third kappa shape index (κ3) is 6.66. The molecule has 0 saturated heterocycles. The monoisotopic (exact) mass is 367 g/mol. The molecule has 1 aliphatic rings. The lowest BCUT2D eigenvalue weighted by atomic mass is 9.77. The second-order valence-electron chi connectivity index (χ2n) is 7.36. The normalized spacial score (nSPS) is 23.9. The van der Waals surface area contributed by atoms with Gasteiger partial charge in [0.25, 0.3) is 0 Å². The molecule has 0 bridgehead atoms. The number of rotatable bonds is 6. The largest absolute Gasteiger partial charge is 0.338 e. The minimum absolute atomic E-state index is 0.0953. The van der Waals surface area contributed by atoms with Gasteiger partial charge in [0.05, 0.1) is 4.90 Å². The Balaban J connectivity index is 1.68. The molecule has 140 valence electrons. The Bertz CT molecular complexity index is 663. The van der Waals surface area contributed by atoms with Crippen LogP contribution in [-0.2, 0) is 16.4 Å². The summed E-state index contributed by atoms with van der Waals surface area (Å²) in [6.07, 6.45) is 4.28. The lowest BCUT2D eigenvalue weighted by Crippen LogP contribution is -2.40. The van der Waals surface area contributed by atoms with Crippen molar-refractivity contribution in [1.82, 2.24) is 10.6 Å².